The second-order valence-electron chi connectivity index (χ2n) is 9.93. The Hall–Kier alpha value is -4.02. The van der Waals surface area contributed by atoms with Crippen LogP contribution in [-0.4, -0.2) is 51.5 Å². The summed E-state index contributed by atoms with van der Waals surface area (Å²) in [5, 5.41) is 25.9. The highest BCUT2D eigenvalue weighted by molar-refractivity contribution is 6.01. The monoisotopic (exact) mass is 491 g/mol. The molecule has 0 saturated heterocycles. The Morgan fingerprint density at radius 3 is 2.69 bits per heavy atom. The first kappa shape index (κ1) is 23.7. The molecule has 2 heterocycles. The number of carbonyl (C=O) groups is 2. The van der Waals surface area contributed by atoms with E-state index in [1.807, 2.05) is 35.7 Å². The summed E-state index contributed by atoms with van der Waals surface area (Å²) in [5.41, 5.74) is 1.35. The number of nitro benzene ring substituents is 1. The van der Waals surface area contributed by atoms with Gasteiger partial charge in [0.05, 0.1) is 22.4 Å². The van der Waals surface area contributed by atoms with E-state index in [9.17, 15) is 19.7 Å². The summed E-state index contributed by atoms with van der Waals surface area (Å²) >= 11 is 0. The summed E-state index contributed by atoms with van der Waals surface area (Å²) in [6.07, 6.45) is 4.62. The number of hydrogen-bond acceptors (Lipinski definition) is 7. The van der Waals surface area contributed by atoms with Crippen molar-refractivity contribution in [2.75, 3.05) is 19.0 Å². The maximum atomic E-state index is 13.5. The fraction of sp³-hybridized carbons (Fsp3) is 0.440. The van der Waals surface area contributed by atoms with Crippen molar-refractivity contribution >= 4 is 28.8 Å². The summed E-state index contributed by atoms with van der Waals surface area (Å²) in [6.45, 7) is 1.87. The van der Waals surface area contributed by atoms with Gasteiger partial charge in [-0.25, -0.2) is 0 Å². The van der Waals surface area contributed by atoms with Crippen LogP contribution in [0.3, 0.4) is 0 Å². The topological polar surface area (TPSA) is 135 Å². The molecule has 36 heavy (non-hydrogen) atoms. The van der Waals surface area contributed by atoms with Gasteiger partial charge in [0.1, 0.15) is 0 Å². The van der Waals surface area contributed by atoms with Gasteiger partial charge in [-0.2, -0.15) is 0 Å². The Bertz CT molecular complexity index is 1340. The van der Waals surface area contributed by atoms with Crippen LogP contribution in [0.5, 0.6) is 0 Å². The standard InChI is InChI=1S/C25H29N7O4/c1-14(23-29-28-20-6-4-5-11-31(20)23)26-25(34)21-15-7-8-16(12-15)22(21)27-24(33)18-13-17(32(35)36)9-10-19(18)30(2)3/h4-6,9-11,13-16,21-22H,7-8,12H2,1-3H3,(H,26,34)(H,27,33)/t14?,15-,16-,21-,22+/m1/s1. The van der Waals surface area contributed by atoms with Gasteiger partial charge < -0.3 is 15.5 Å². The van der Waals surface area contributed by atoms with Gasteiger partial charge in [0, 0.05) is 44.2 Å². The van der Waals surface area contributed by atoms with E-state index >= 15 is 0 Å². The second kappa shape index (κ2) is 9.21. The van der Waals surface area contributed by atoms with E-state index < -0.39 is 10.8 Å². The van der Waals surface area contributed by atoms with Crippen LogP contribution >= 0.6 is 0 Å². The van der Waals surface area contributed by atoms with E-state index in [0.717, 1.165) is 19.3 Å². The maximum Gasteiger partial charge on any atom is 0.270 e. The van der Waals surface area contributed by atoms with Crippen molar-refractivity contribution in [1.29, 1.82) is 0 Å². The number of nitro groups is 1. The quantitative estimate of drug-likeness (QED) is 0.383. The minimum absolute atomic E-state index is 0.125. The average molecular weight is 492 g/mol. The molecule has 0 radical (unpaired) electrons. The summed E-state index contributed by atoms with van der Waals surface area (Å²) in [4.78, 5) is 39.4. The lowest BCUT2D eigenvalue weighted by molar-refractivity contribution is -0.384. The number of fused-ring (bicyclic) bond motifs is 3. The van der Waals surface area contributed by atoms with Crippen LogP contribution in [0, 0.1) is 27.9 Å². The van der Waals surface area contributed by atoms with Crippen molar-refractivity contribution in [2.45, 2.75) is 38.3 Å². The molecule has 0 aliphatic heterocycles. The largest absolute Gasteiger partial charge is 0.377 e. The minimum atomic E-state index is -0.514. The van der Waals surface area contributed by atoms with E-state index in [0.29, 0.717) is 17.2 Å². The fourth-order valence-electron chi connectivity index (χ4n) is 5.84. The van der Waals surface area contributed by atoms with Gasteiger partial charge in [-0.3, -0.25) is 24.1 Å². The van der Waals surface area contributed by atoms with Gasteiger partial charge in [-0.1, -0.05) is 6.07 Å². The molecular weight excluding hydrogens is 462 g/mol. The van der Waals surface area contributed by atoms with E-state index in [2.05, 4.69) is 20.8 Å². The van der Waals surface area contributed by atoms with E-state index in [1.54, 1.807) is 25.1 Å². The van der Waals surface area contributed by atoms with Crippen molar-refractivity contribution in [3.05, 3.63) is 64.1 Å². The third-order valence-electron chi connectivity index (χ3n) is 7.52. The van der Waals surface area contributed by atoms with Crippen LogP contribution in [-0.2, 0) is 4.79 Å². The summed E-state index contributed by atoms with van der Waals surface area (Å²) in [5.74, 6) is 0.0982. The van der Waals surface area contributed by atoms with E-state index in [1.165, 1.54) is 12.1 Å². The van der Waals surface area contributed by atoms with Crippen LogP contribution in [0.15, 0.2) is 42.6 Å². The van der Waals surface area contributed by atoms with Crippen molar-refractivity contribution in [3.63, 3.8) is 0 Å². The normalized spacial score (nSPS) is 23.4. The molecule has 0 spiro atoms. The van der Waals surface area contributed by atoms with E-state index in [4.69, 9.17) is 0 Å². The van der Waals surface area contributed by atoms with Crippen LogP contribution < -0.4 is 15.5 Å². The number of anilines is 1. The smallest absolute Gasteiger partial charge is 0.270 e. The van der Waals surface area contributed by atoms with Crippen molar-refractivity contribution in [2.24, 2.45) is 17.8 Å². The second-order valence-corrected chi connectivity index (χ2v) is 9.93. The molecule has 2 aliphatic carbocycles. The number of amides is 2. The van der Waals surface area contributed by atoms with Crippen molar-refractivity contribution < 1.29 is 14.5 Å². The Kier molecular flexibility index (Phi) is 6.07. The van der Waals surface area contributed by atoms with Crippen molar-refractivity contribution in [3.8, 4) is 0 Å². The summed E-state index contributed by atoms with van der Waals surface area (Å²) in [6, 6.07) is 9.15. The summed E-state index contributed by atoms with van der Waals surface area (Å²) in [7, 11) is 3.56. The molecule has 2 saturated carbocycles. The number of pyridine rings is 1. The SMILES string of the molecule is CC(NC(=O)[C@@H]1[C@@H]2CC[C@H](C2)[C@@H]1NC(=O)c1cc([N+](=O)[O-])ccc1N(C)C)c1nnc2ccccn12. The lowest BCUT2D eigenvalue weighted by Crippen LogP contribution is -2.50. The molecule has 188 valence electrons. The number of aromatic nitrogens is 3. The highest BCUT2D eigenvalue weighted by Crippen LogP contribution is 2.49. The minimum Gasteiger partial charge on any atom is -0.377 e. The molecule has 3 aromatic rings. The van der Waals surface area contributed by atoms with Gasteiger partial charge in [0.15, 0.2) is 11.5 Å². The third kappa shape index (κ3) is 4.14. The Morgan fingerprint density at radius 2 is 1.94 bits per heavy atom. The molecule has 1 aromatic carbocycles. The Morgan fingerprint density at radius 1 is 1.17 bits per heavy atom. The lowest BCUT2D eigenvalue weighted by atomic mass is 9.83. The molecule has 2 amide bonds. The summed E-state index contributed by atoms with van der Waals surface area (Å²) < 4.78 is 1.84. The Labute approximate surface area is 208 Å². The van der Waals surface area contributed by atoms with Gasteiger partial charge in [0.2, 0.25) is 5.91 Å². The Balaban J connectivity index is 1.36. The zero-order chi connectivity index (χ0) is 25.6. The number of nitrogens with zero attached hydrogens (tertiary/aromatic N) is 5. The first-order chi connectivity index (χ1) is 17.2. The first-order valence-electron chi connectivity index (χ1n) is 12.1. The molecule has 2 N–H and O–H groups in total. The first-order valence-corrected chi connectivity index (χ1v) is 12.1. The molecule has 11 heteroatoms. The average Bonchev–Trinajstić information content (AvgIpc) is 3.58. The lowest BCUT2D eigenvalue weighted by Gasteiger charge is -2.32. The molecule has 2 aromatic heterocycles. The number of hydrogen-bond donors (Lipinski definition) is 2. The molecular formula is C25H29N7O4. The number of non-ortho nitro benzene ring substituents is 1. The van der Waals surface area contributed by atoms with Crippen LogP contribution in [0.25, 0.3) is 5.65 Å². The number of carbonyl (C=O) groups excluding carboxylic acids is 2. The van der Waals surface area contributed by atoms with Gasteiger partial charge in [0.25, 0.3) is 11.6 Å². The van der Waals surface area contributed by atoms with E-state index in [-0.39, 0.29) is 47.0 Å². The molecule has 5 rings (SSSR count). The zero-order valence-corrected chi connectivity index (χ0v) is 20.4. The molecule has 11 nitrogen and oxygen atoms in total. The number of benzene rings is 1. The highest BCUT2D eigenvalue weighted by Gasteiger charge is 2.51. The van der Waals surface area contributed by atoms with Crippen LogP contribution in [0.1, 0.15) is 48.4 Å². The number of nitrogens with one attached hydrogen (secondary N) is 2. The molecule has 1 unspecified atom stereocenters. The van der Waals surface area contributed by atoms with Crippen LogP contribution in [0.2, 0.25) is 0 Å². The van der Waals surface area contributed by atoms with Gasteiger partial charge in [-0.15, -0.1) is 10.2 Å². The predicted molar refractivity (Wildman–Crippen MR) is 133 cm³/mol. The fourth-order valence-corrected chi connectivity index (χ4v) is 5.84. The highest BCUT2D eigenvalue weighted by atomic mass is 16.6. The maximum absolute atomic E-state index is 13.5. The molecule has 2 bridgehead atoms. The van der Waals surface area contributed by atoms with Gasteiger partial charge >= 0.3 is 0 Å². The molecule has 2 aliphatic rings. The predicted octanol–water partition coefficient (Wildman–Crippen LogP) is 2.73. The number of rotatable bonds is 7. The third-order valence-corrected chi connectivity index (χ3v) is 7.52. The zero-order valence-electron chi connectivity index (χ0n) is 20.4. The van der Waals surface area contributed by atoms with Gasteiger partial charge in [-0.05, 0) is 56.2 Å². The van der Waals surface area contributed by atoms with Crippen LogP contribution in [0.4, 0.5) is 11.4 Å². The molecule has 5 atom stereocenters. The molecule has 2 fully saturated rings. The van der Waals surface area contributed by atoms with Crippen molar-refractivity contribution in [1.82, 2.24) is 25.2 Å².